The van der Waals surface area contributed by atoms with Crippen molar-refractivity contribution in [3.05, 3.63) is 39.4 Å². The molecule has 0 aliphatic heterocycles. The molecule has 1 aromatic rings. The van der Waals surface area contributed by atoms with Crippen LogP contribution >= 0.6 is 11.6 Å². The minimum atomic E-state index is -0.447. The molecule has 0 fully saturated rings. The first-order valence-corrected chi connectivity index (χ1v) is 7.04. The summed E-state index contributed by atoms with van der Waals surface area (Å²) in [7, 11) is 0. The molecule has 0 unspecified atom stereocenters. The molecule has 20 heavy (non-hydrogen) atoms. The molecule has 0 saturated heterocycles. The van der Waals surface area contributed by atoms with Gasteiger partial charge in [0.2, 0.25) is 0 Å². The highest BCUT2D eigenvalue weighted by Gasteiger charge is 2.20. The Morgan fingerprint density at radius 3 is 2.55 bits per heavy atom. The van der Waals surface area contributed by atoms with Crippen LogP contribution in [-0.2, 0) is 0 Å². The van der Waals surface area contributed by atoms with Crippen LogP contribution in [0.2, 0.25) is 0 Å². The molecule has 1 aromatic carbocycles. The lowest BCUT2D eigenvalue weighted by molar-refractivity contribution is -0.385. The van der Waals surface area contributed by atoms with Crippen LogP contribution in [0.3, 0.4) is 0 Å². The van der Waals surface area contributed by atoms with Crippen LogP contribution in [-0.4, -0.2) is 34.2 Å². The summed E-state index contributed by atoms with van der Waals surface area (Å²) in [5.74, 6) is 0.374. The second-order valence-corrected chi connectivity index (χ2v) is 5.27. The maximum Gasteiger partial charge on any atom is 0.272 e. The first kappa shape index (κ1) is 16.4. The van der Waals surface area contributed by atoms with Crippen molar-refractivity contribution in [2.24, 2.45) is 0 Å². The summed E-state index contributed by atoms with van der Waals surface area (Å²) in [6, 6.07) is 4.50. The Bertz CT molecular complexity index is 503. The first-order chi connectivity index (χ1) is 9.38. The lowest BCUT2D eigenvalue weighted by Crippen LogP contribution is -2.37. The SMILES string of the molecule is Cc1cc(C(=O)N(CCCCl)C(C)C)ccc1[N+](=O)[O-]. The standard InChI is InChI=1S/C14H19ClN2O3/c1-10(2)16(8-4-7-15)14(18)12-5-6-13(17(19)20)11(3)9-12/h5-6,9-10H,4,7-8H2,1-3H3. The van der Waals surface area contributed by atoms with Crippen molar-refractivity contribution in [3.8, 4) is 0 Å². The number of hydrogen-bond acceptors (Lipinski definition) is 3. The van der Waals surface area contributed by atoms with Gasteiger partial charge in [-0.15, -0.1) is 11.6 Å². The lowest BCUT2D eigenvalue weighted by Gasteiger charge is -2.26. The van der Waals surface area contributed by atoms with E-state index in [1.165, 1.54) is 12.1 Å². The van der Waals surface area contributed by atoms with E-state index in [4.69, 9.17) is 11.6 Å². The third-order valence-corrected chi connectivity index (χ3v) is 3.32. The molecular formula is C14H19ClN2O3. The van der Waals surface area contributed by atoms with E-state index in [1.807, 2.05) is 13.8 Å². The number of carbonyl (C=O) groups excluding carboxylic acids is 1. The second kappa shape index (κ2) is 7.24. The average molecular weight is 299 g/mol. The molecule has 0 radical (unpaired) electrons. The zero-order chi connectivity index (χ0) is 15.3. The maximum atomic E-state index is 12.4. The van der Waals surface area contributed by atoms with Crippen LogP contribution < -0.4 is 0 Å². The predicted octanol–water partition coefficient (Wildman–Crippen LogP) is 3.38. The molecule has 0 atom stereocenters. The van der Waals surface area contributed by atoms with Gasteiger partial charge in [0.05, 0.1) is 4.92 Å². The van der Waals surface area contributed by atoms with Crippen molar-refractivity contribution >= 4 is 23.2 Å². The van der Waals surface area contributed by atoms with E-state index in [1.54, 1.807) is 17.9 Å². The zero-order valence-electron chi connectivity index (χ0n) is 11.9. The van der Waals surface area contributed by atoms with Crippen molar-refractivity contribution in [2.75, 3.05) is 12.4 Å². The van der Waals surface area contributed by atoms with Crippen molar-refractivity contribution in [2.45, 2.75) is 33.2 Å². The van der Waals surface area contributed by atoms with Crippen LogP contribution in [0.25, 0.3) is 0 Å². The minimum absolute atomic E-state index is 0.0263. The number of amides is 1. The van der Waals surface area contributed by atoms with Gasteiger partial charge >= 0.3 is 0 Å². The van der Waals surface area contributed by atoms with Gasteiger partial charge < -0.3 is 4.90 Å². The largest absolute Gasteiger partial charge is 0.336 e. The Morgan fingerprint density at radius 1 is 1.45 bits per heavy atom. The third kappa shape index (κ3) is 3.93. The summed E-state index contributed by atoms with van der Waals surface area (Å²) in [5, 5.41) is 10.8. The van der Waals surface area contributed by atoms with Gasteiger partial charge in [0.15, 0.2) is 0 Å². The van der Waals surface area contributed by atoms with Gasteiger partial charge in [-0.1, -0.05) is 0 Å². The monoisotopic (exact) mass is 298 g/mol. The Balaban J connectivity index is 3.00. The van der Waals surface area contributed by atoms with Crippen LogP contribution in [0.4, 0.5) is 5.69 Å². The summed E-state index contributed by atoms with van der Waals surface area (Å²) in [6.45, 7) is 6.08. The number of nitrogens with zero attached hydrogens (tertiary/aromatic N) is 2. The smallest absolute Gasteiger partial charge is 0.272 e. The molecule has 0 aromatic heterocycles. The number of alkyl halides is 1. The van der Waals surface area contributed by atoms with E-state index >= 15 is 0 Å². The molecule has 1 rings (SSSR count). The number of halogens is 1. The van der Waals surface area contributed by atoms with E-state index in [9.17, 15) is 14.9 Å². The first-order valence-electron chi connectivity index (χ1n) is 6.50. The van der Waals surface area contributed by atoms with Crippen LogP contribution in [0.5, 0.6) is 0 Å². The molecule has 0 aliphatic carbocycles. The fourth-order valence-electron chi connectivity index (χ4n) is 1.98. The Hall–Kier alpha value is -1.62. The molecule has 0 spiro atoms. The zero-order valence-corrected chi connectivity index (χ0v) is 12.7. The summed E-state index contributed by atoms with van der Waals surface area (Å²) in [4.78, 5) is 24.5. The number of rotatable bonds is 6. The lowest BCUT2D eigenvalue weighted by atomic mass is 10.1. The summed E-state index contributed by atoms with van der Waals surface area (Å²) in [6.07, 6.45) is 0.720. The Morgan fingerprint density at radius 2 is 2.10 bits per heavy atom. The van der Waals surface area contributed by atoms with E-state index in [2.05, 4.69) is 0 Å². The van der Waals surface area contributed by atoms with Crippen LogP contribution in [0, 0.1) is 17.0 Å². The van der Waals surface area contributed by atoms with Crippen molar-refractivity contribution in [3.63, 3.8) is 0 Å². The number of aryl methyl sites for hydroxylation is 1. The summed E-state index contributed by atoms with van der Waals surface area (Å²) in [5.41, 5.74) is 0.983. The normalized spacial score (nSPS) is 10.7. The van der Waals surface area contributed by atoms with Gasteiger partial charge in [0.25, 0.3) is 11.6 Å². The minimum Gasteiger partial charge on any atom is -0.336 e. The molecule has 0 bridgehead atoms. The van der Waals surface area contributed by atoms with Gasteiger partial charge in [0.1, 0.15) is 0 Å². The van der Waals surface area contributed by atoms with Gasteiger partial charge in [-0.05, 0) is 39.3 Å². The van der Waals surface area contributed by atoms with Gasteiger partial charge in [-0.2, -0.15) is 0 Å². The third-order valence-electron chi connectivity index (χ3n) is 3.06. The van der Waals surface area contributed by atoms with Gasteiger partial charge in [-0.25, -0.2) is 0 Å². The van der Waals surface area contributed by atoms with Crippen molar-refractivity contribution < 1.29 is 9.72 Å². The Labute approximate surface area is 123 Å². The molecule has 6 heteroatoms. The molecule has 0 aliphatic rings. The number of carbonyl (C=O) groups is 1. The fourth-order valence-corrected chi connectivity index (χ4v) is 2.10. The summed E-state index contributed by atoms with van der Waals surface area (Å²) >= 11 is 5.67. The maximum absolute atomic E-state index is 12.4. The molecule has 110 valence electrons. The molecular weight excluding hydrogens is 280 g/mol. The van der Waals surface area contributed by atoms with E-state index in [0.717, 1.165) is 6.42 Å². The fraction of sp³-hybridized carbons (Fsp3) is 0.500. The second-order valence-electron chi connectivity index (χ2n) is 4.89. The number of benzene rings is 1. The highest BCUT2D eigenvalue weighted by atomic mass is 35.5. The topological polar surface area (TPSA) is 63.5 Å². The predicted molar refractivity (Wildman–Crippen MR) is 79.3 cm³/mol. The molecule has 1 amide bonds. The van der Waals surface area contributed by atoms with Gasteiger partial charge in [-0.3, -0.25) is 14.9 Å². The Kier molecular flexibility index (Phi) is 5.95. The molecule has 5 nitrogen and oxygen atoms in total. The van der Waals surface area contributed by atoms with E-state index < -0.39 is 4.92 Å². The van der Waals surface area contributed by atoms with E-state index in [0.29, 0.717) is 23.6 Å². The number of nitro groups is 1. The highest BCUT2D eigenvalue weighted by Crippen LogP contribution is 2.20. The van der Waals surface area contributed by atoms with Gasteiger partial charge in [0, 0.05) is 35.7 Å². The van der Waals surface area contributed by atoms with Crippen molar-refractivity contribution in [1.82, 2.24) is 4.90 Å². The van der Waals surface area contributed by atoms with Crippen molar-refractivity contribution in [1.29, 1.82) is 0 Å². The quantitative estimate of drug-likeness (QED) is 0.459. The highest BCUT2D eigenvalue weighted by molar-refractivity contribution is 6.17. The van der Waals surface area contributed by atoms with E-state index in [-0.39, 0.29) is 17.6 Å². The van der Waals surface area contributed by atoms with Crippen LogP contribution in [0.1, 0.15) is 36.2 Å². The average Bonchev–Trinajstić information content (AvgIpc) is 2.37. The number of hydrogen-bond donors (Lipinski definition) is 0. The molecule has 0 heterocycles. The van der Waals surface area contributed by atoms with Crippen LogP contribution in [0.15, 0.2) is 18.2 Å². The molecule has 0 saturated carbocycles. The summed E-state index contributed by atoms with van der Waals surface area (Å²) < 4.78 is 0. The molecule has 0 N–H and O–H groups in total. The number of nitro benzene ring substituents is 1.